The van der Waals surface area contributed by atoms with E-state index < -0.39 is 0 Å². The molecule has 0 saturated heterocycles. The van der Waals surface area contributed by atoms with Crippen molar-refractivity contribution >= 4 is 0 Å². The Morgan fingerprint density at radius 2 is 2.12 bits per heavy atom. The van der Waals surface area contributed by atoms with Crippen LogP contribution < -0.4 is 5.32 Å². The van der Waals surface area contributed by atoms with Crippen LogP contribution in [0, 0.1) is 17.8 Å². The third kappa shape index (κ3) is 3.01. The SMILES string of the molecule is C=C(CC)NC(=C)[C@@H](C)[C@@H](C)[C@H]1C/C1=C/C. The highest BCUT2D eigenvalue weighted by Gasteiger charge is 2.36. The Bertz CT molecular complexity index is 311. The summed E-state index contributed by atoms with van der Waals surface area (Å²) in [6, 6.07) is 0. The molecule has 3 atom stereocenters. The zero-order valence-electron chi connectivity index (χ0n) is 11.1. The van der Waals surface area contributed by atoms with Crippen LogP contribution in [0.1, 0.15) is 40.5 Å². The van der Waals surface area contributed by atoms with Gasteiger partial charge >= 0.3 is 0 Å². The van der Waals surface area contributed by atoms with Crippen LogP contribution in [-0.2, 0) is 0 Å². The molecule has 0 spiro atoms. The number of hydrogen-bond donors (Lipinski definition) is 1. The monoisotopic (exact) mass is 219 g/mol. The van der Waals surface area contributed by atoms with Gasteiger partial charge in [-0.1, -0.05) is 45.6 Å². The molecule has 0 unspecified atom stereocenters. The Hall–Kier alpha value is -0.980. The molecule has 1 N–H and O–H groups in total. The summed E-state index contributed by atoms with van der Waals surface area (Å²) >= 11 is 0. The summed E-state index contributed by atoms with van der Waals surface area (Å²) in [7, 11) is 0. The summed E-state index contributed by atoms with van der Waals surface area (Å²) in [6.07, 6.45) is 4.50. The second-order valence-corrected chi connectivity index (χ2v) is 4.93. The van der Waals surface area contributed by atoms with Crippen molar-refractivity contribution in [3.8, 4) is 0 Å². The first-order valence-electron chi connectivity index (χ1n) is 6.29. The second-order valence-electron chi connectivity index (χ2n) is 4.93. The summed E-state index contributed by atoms with van der Waals surface area (Å²) < 4.78 is 0. The fourth-order valence-electron chi connectivity index (χ4n) is 2.15. The van der Waals surface area contributed by atoms with Crippen LogP contribution in [0.15, 0.2) is 36.2 Å². The molecule has 0 bridgehead atoms. The van der Waals surface area contributed by atoms with Gasteiger partial charge < -0.3 is 5.32 Å². The first kappa shape index (κ1) is 13.1. The molecule has 1 saturated carbocycles. The lowest BCUT2D eigenvalue weighted by molar-refractivity contribution is 0.388. The third-order valence-corrected chi connectivity index (χ3v) is 3.88. The first-order chi connectivity index (χ1) is 7.51. The molecule has 0 aromatic heterocycles. The zero-order chi connectivity index (χ0) is 12.3. The van der Waals surface area contributed by atoms with E-state index in [2.05, 4.69) is 52.2 Å². The van der Waals surface area contributed by atoms with Crippen LogP contribution in [0.4, 0.5) is 0 Å². The highest BCUT2D eigenvalue weighted by Crippen LogP contribution is 2.47. The van der Waals surface area contributed by atoms with Crippen LogP contribution in [0.5, 0.6) is 0 Å². The van der Waals surface area contributed by atoms with Crippen molar-refractivity contribution in [3.05, 3.63) is 36.2 Å². The van der Waals surface area contributed by atoms with E-state index in [0.29, 0.717) is 11.8 Å². The molecule has 1 heteroatoms. The first-order valence-corrected chi connectivity index (χ1v) is 6.29. The van der Waals surface area contributed by atoms with E-state index >= 15 is 0 Å². The average Bonchev–Trinajstić information content (AvgIpc) is 3.05. The minimum absolute atomic E-state index is 0.505. The smallest absolute Gasteiger partial charge is 0.0107 e. The molecule has 0 heterocycles. The molecule has 0 aromatic rings. The van der Waals surface area contributed by atoms with E-state index in [1.54, 1.807) is 5.57 Å². The predicted octanol–water partition coefficient (Wildman–Crippen LogP) is 4.25. The topological polar surface area (TPSA) is 12.0 Å². The van der Waals surface area contributed by atoms with E-state index in [4.69, 9.17) is 0 Å². The Kier molecular flexibility index (Phi) is 4.40. The summed E-state index contributed by atoms with van der Waals surface area (Å²) in [5.74, 6) is 1.97. The molecule has 1 fully saturated rings. The van der Waals surface area contributed by atoms with Crippen molar-refractivity contribution in [2.45, 2.75) is 40.5 Å². The van der Waals surface area contributed by atoms with Crippen LogP contribution in [0.25, 0.3) is 0 Å². The number of hydrogen-bond acceptors (Lipinski definition) is 1. The van der Waals surface area contributed by atoms with Gasteiger partial charge in [-0.15, -0.1) is 0 Å². The van der Waals surface area contributed by atoms with Crippen molar-refractivity contribution in [3.63, 3.8) is 0 Å². The van der Waals surface area contributed by atoms with Crippen molar-refractivity contribution in [1.82, 2.24) is 5.32 Å². The van der Waals surface area contributed by atoms with Gasteiger partial charge in [-0.25, -0.2) is 0 Å². The highest BCUT2D eigenvalue weighted by atomic mass is 14.9. The van der Waals surface area contributed by atoms with E-state index in [1.807, 2.05) is 0 Å². The maximum Gasteiger partial charge on any atom is 0.0107 e. The van der Waals surface area contributed by atoms with Crippen molar-refractivity contribution in [2.75, 3.05) is 0 Å². The molecule has 90 valence electrons. The van der Waals surface area contributed by atoms with Gasteiger partial charge in [-0.3, -0.25) is 0 Å². The molecule has 0 amide bonds. The van der Waals surface area contributed by atoms with Crippen LogP contribution >= 0.6 is 0 Å². The predicted molar refractivity (Wildman–Crippen MR) is 71.9 cm³/mol. The van der Waals surface area contributed by atoms with Crippen LogP contribution in [0.3, 0.4) is 0 Å². The normalized spacial score (nSPS) is 25.0. The Morgan fingerprint density at radius 3 is 2.56 bits per heavy atom. The Labute approximate surface area is 100 Å². The van der Waals surface area contributed by atoms with Gasteiger partial charge in [0.2, 0.25) is 0 Å². The molecular weight excluding hydrogens is 194 g/mol. The Balaban J connectivity index is 2.48. The fraction of sp³-hybridized carbons (Fsp3) is 0.600. The Morgan fingerprint density at radius 1 is 1.50 bits per heavy atom. The third-order valence-electron chi connectivity index (χ3n) is 3.88. The average molecular weight is 219 g/mol. The maximum absolute atomic E-state index is 4.13. The summed E-state index contributed by atoms with van der Waals surface area (Å²) in [4.78, 5) is 0. The van der Waals surface area contributed by atoms with Gasteiger partial charge in [0, 0.05) is 11.4 Å². The molecule has 0 aliphatic heterocycles. The summed E-state index contributed by atoms with van der Waals surface area (Å²) in [6.45, 7) is 16.9. The summed E-state index contributed by atoms with van der Waals surface area (Å²) in [5.41, 5.74) is 3.79. The van der Waals surface area contributed by atoms with Gasteiger partial charge in [0.1, 0.15) is 0 Å². The molecule has 1 aliphatic carbocycles. The molecule has 0 aromatic carbocycles. The molecule has 1 nitrogen and oxygen atoms in total. The van der Waals surface area contributed by atoms with Crippen LogP contribution in [0.2, 0.25) is 0 Å². The second kappa shape index (κ2) is 5.38. The molecular formula is C15H25N. The fourth-order valence-corrected chi connectivity index (χ4v) is 2.15. The highest BCUT2D eigenvalue weighted by molar-refractivity contribution is 5.25. The van der Waals surface area contributed by atoms with Crippen LogP contribution in [-0.4, -0.2) is 0 Å². The van der Waals surface area contributed by atoms with Gasteiger partial charge in [0.15, 0.2) is 0 Å². The van der Waals surface area contributed by atoms with Crippen molar-refractivity contribution in [1.29, 1.82) is 0 Å². The molecule has 16 heavy (non-hydrogen) atoms. The van der Waals surface area contributed by atoms with Gasteiger partial charge in [0.05, 0.1) is 0 Å². The minimum Gasteiger partial charge on any atom is -0.363 e. The number of rotatable bonds is 6. The van der Waals surface area contributed by atoms with E-state index in [9.17, 15) is 0 Å². The zero-order valence-corrected chi connectivity index (χ0v) is 11.1. The van der Waals surface area contributed by atoms with Gasteiger partial charge in [0.25, 0.3) is 0 Å². The minimum atomic E-state index is 0.505. The van der Waals surface area contributed by atoms with Gasteiger partial charge in [-0.05, 0) is 37.5 Å². The summed E-state index contributed by atoms with van der Waals surface area (Å²) in [5, 5.41) is 3.32. The number of nitrogens with one attached hydrogen (secondary N) is 1. The number of allylic oxidation sites excluding steroid dienone is 4. The lowest BCUT2D eigenvalue weighted by Gasteiger charge is -2.23. The van der Waals surface area contributed by atoms with Gasteiger partial charge in [-0.2, -0.15) is 0 Å². The van der Waals surface area contributed by atoms with E-state index in [0.717, 1.165) is 23.7 Å². The quantitative estimate of drug-likeness (QED) is 0.658. The van der Waals surface area contributed by atoms with E-state index in [1.165, 1.54) is 6.42 Å². The van der Waals surface area contributed by atoms with Crippen molar-refractivity contribution in [2.24, 2.45) is 17.8 Å². The largest absolute Gasteiger partial charge is 0.363 e. The lowest BCUT2D eigenvalue weighted by Crippen LogP contribution is -2.22. The lowest BCUT2D eigenvalue weighted by atomic mass is 9.88. The van der Waals surface area contributed by atoms with E-state index in [-0.39, 0.29) is 0 Å². The molecule has 0 radical (unpaired) electrons. The molecule has 1 rings (SSSR count). The molecule has 1 aliphatic rings. The maximum atomic E-state index is 4.13. The standard InChI is InChI=1S/C15H25N/c1-7-10(3)16-13(6)11(4)12(5)15-9-14(15)8-2/h8,11-12,15-16H,3,6-7,9H2,1-2,4-5H3/b14-8-/t11-,12+,15+/m0/s1. The van der Waals surface area contributed by atoms with Crippen molar-refractivity contribution < 1.29 is 0 Å².